The fourth-order valence-corrected chi connectivity index (χ4v) is 6.16. The molecule has 0 aliphatic carbocycles. The van der Waals surface area contributed by atoms with E-state index in [4.69, 9.17) is 4.74 Å². The molecular formula is C23H27N3O4S2. The molecule has 2 aromatic heterocycles. The Morgan fingerprint density at radius 3 is 2.47 bits per heavy atom. The number of piperidine rings is 1. The van der Waals surface area contributed by atoms with Gasteiger partial charge in [0.1, 0.15) is 16.3 Å². The van der Waals surface area contributed by atoms with Crippen LogP contribution < -0.4 is 9.64 Å². The summed E-state index contributed by atoms with van der Waals surface area (Å²) in [7, 11) is -0.316. The van der Waals surface area contributed by atoms with E-state index < -0.39 is 10.0 Å². The summed E-state index contributed by atoms with van der Waals surface area (Å²) in [6.07, 6.45) is 4.31. The van der Waals surface area contributed by atoms with Gasteiger partial charge in [-0.25, -0.2) is 8.42 Å². The highest BCUT2D eigenvalue weighted by atomic mass is 32.2. The molecule has 0 bridgehead atoms. The number of nitrogens with zero attached hydrogens (tertiary/aromatic N) is 3. The van der Waals surface area contributed by atoms with Gasteiger partial charge in [-0.3, -0.25) is 4.79 Å². The molecule has 1 aromatic carbocycles. The maximum absolute atomic E-state index is 13.6. The lowest BCUT2D eigenvalue weighted by Crippen LogP contribution is -2.35. The molecule has 0 radical (unpaired) electrons. The zero-order valence-electron chi connectivity index (χ0n) is 18.2. The van der Waals surface area contributed by atoms with Crippen molar-refractivity contribution in [2.24, 2.45) is 7.05 Å². The van der Waals surface area contributed by atoms with Crippen molar-refractivity contribution in [2.45, 2.75) is 30.7 Å². The predicted octanol–water partition coefficient (Wildman–Crippen LogP) is 4.12. The molecule has 1 saturated heterocycles. The summed E-state index contributed by atoms with van der Waals surface area (Å²) in [5.41, 5.74) is 1.04. The van der Waals surface area contributed by atoms with Gasteiger partial charge in [-0.15, -0.1) is 11.3 Å². The Kier molecular flexibility index (Phi) is 6.68. The Morgan fingerprint density at radius 2 is 1.84 bits per heavy atom. The molecule has 0 atom stereocenters. The molecule has 0 saturated carbocycles. The zero-order valence-corrected chi connectivity index (χ0v) is 19.9. The van der Waals surface area contributed by atoms with Crippen molar-refractivity contribution in [1.82, 2.24) is 8.87 Å². The van der Waals surface area contributed by atoms with Crippen LogP contribution in [0.25, 0.3) is 0 Å². The van der Waals surface area contributed by atoms with Gasteiger partial charge in [0.05, 0.1) is 13.7 Å². The zero-order chi connectivity index (χ0) is 22.7. The number of rotatable bonds is 7. The number of sulfonamides is 1. The van der Waals surface area contributed by atoms with Crippen molar-refractivity contribution in [3.63, 3.8) is 0 Å². The summed E-state index contributed by atoms with van der Waals surface area (Å²) in [5, 5.41) is 1.97. The third-order valence-corrected chi connectivity index (χ3v) is 8.40. The van der Waals surface area contributed by atoms with Crippen molar-refractivity contribution in [1.29, 1.82) is 0 Å². The van der Waals surface area contributed by atoms with Crippen LogP contribution in [0.15, 0.2) is 58.9 Å². The molecule has 3 aromatic rings. The van der Waals surface area contributed by atoms with Crippen molar-refractivity contribution in [2.75, 3.05) is 25.1 Å². The van der Waals surface area contributed by atoms with Crippen LogP contribution in [0, 0.1) is 0 Å². The molecule has 7 nitrogen and oxygen atoms in total. The van der Waals surface area contributed by atoms with Gasteiger partial charge in [-0.2, -0.15) is 4.31 Å². The lowest BCUT2D eigenvalue weighted by Gasteiger charge is -2.25. The van der Waals surface area contributed by atoms with Crippen LogP contribution in [-0.2, 0) is 23.6 Å². The minimum Gasteiger partial charge on any atom is -0.497 e. The second-order valence-electron chi connectivity index (χ2n) is 7.81. The van der Waals surface area contributed by atoms with Gasteiger partial charge in [0.2, 0.25) is 10.0 Å². The molecule has 1 amide bonds. The number of hydrogen-bond donors (Lipinski definition) is 0. The van der Waals surface area contributed by atoms with Crippen LogP contribution in [0.5, 0.6) is 5.75 Å². The number of carbonyl (C=O) groups is 1. The molecule has 0 spiro atoms. The SMILES string of the molecule is COc1ccc(N(Cc2cccs2)C(=O)c2cc(S(=O)(=O)N3CCCCC3)cn2C)cc1. The van der Waals surface area contributed by atoms with Crippen molar-refractivity contribution in [3.8, 4) is 5.75 Å². The largest absolute Gasteiger partial charge is 0.497 e. The number of ether oxygens (including phenoxy) is 1. The summed E-state index contributed by atoms with van der Waals surface area (Å²) >= 11 is 1.57. The van der Waals surface area contributed by atoms with Gasteiger partial charge < -0.3 is 14.2 Å². The first-order chi connectivity index (χ1) is 15.4. The first kappa shape index (κ1) is 22.6. The van der Waals surface area contributed by atoms with E-state index in [1.807, 2.05) is 29.6 Å². The number of aromatic nitrogens is 1. The van der Waals surface area contributed by atoms with Crippen molar-refractivity contribution >= 4 is 33.0 Å². The average Bonchev–Trinajstić information content (AvgIpc) is 3.47. The molecule has 0 N–H and O–H groups in total. The number of amides is 1. The molecule has 1 fully saturated rings. The Morgan fingerprint density at radius 1 is 1.12 bits per heavy atom. The van der Waals surface area contributed by atoms with Gasteiger partial charge in [-0.1, -0.05) is 12.5 Å². The topological polar surface area (TPSA) is 71.8 Å². The van der Waals surface area contributed by atoms with Crippen LogP contribution >= 0.6 is 11.3 Å². The van der Waals surface area contributed by atoms with E-state index in [2.05, 4.69) is 0 Å². The van der Waals surface area contributed by atoms with E-state index in [9.17, 15) is 13.2 Å². The van der Waals surface area contributed by atoms with E-state index in [1.165, 1.54) is 16.6 Å². The number of aryl methyl sites for hydroxylation is 1. The molecule has 1 aliphatic rings. The number of thiophene rings is 1. The first-order valence-electron chi connectivity index (χ1n) is 10.5. The van der Waals surface area contributed by atoms with Crippen molar-refractivity contribution < 1.29 is 17.9 Å². The highest BCUT2D eigenvalue weighted by molar-refractivity contribution is 7.89. The summed E-state index contributed by atoms with van der Waals surface area (Å²) < 4.78 is 34.6. The Bertz CT molecular complexity index is 1160. The summed E-state index contributed by atoms with van der Waals surface area (Å²) in [6, 6.07) is 12.7. The van der Waals surface area contributed by atoms with Gasteiger partial charge in [0, 0.05) is 36.9 Å². The van der Waals surface area contributed by atoms with Crippen LogP contribution in [-0.4, -0.2) is 43.4 Å². The van der Waals surface area contributed by atoms with E-state index in [0.29, 0.717) is 36.8 Å². The van der Waals surface area contributed by atoms with Crippen molar-refractivity contribution in [3.05, 3.63) is 64.6 Å². The highest BCUT2D eigenvalue weighted by Crippen LogP contribution is 2.27. The minimum absolute atomic E-state index is 0.163. The number of carbonyl (C=O) groups excluding carboxylic acids is 1. The van der Waals surface area contributed by atoms with E-state index >= 15 is 0 Å². The molecule has 0 unspecified atom stereocenters. The molecule has 4 rings (SSSR count). The molecular weight excluding hydrogens is 446 g/mol. The predicted molar refractivity (Wildman–Crippen MR) is 126 cm³/mol. The summed E-state index contributed by atoms with van der Waals surface area (Å²) in [6.45, 7) is 1.44. The van der Waals surface area contributed by atoms with Crippen LogP contribution in [0.4, 0.5) is 5.69 Å². The maximum Gasteiger partial charge on any atom is 0.275 e. The second kappa shape index (κ2) is 9.48. The van der Waals surface area contributed by atoms with Crippen LogP contribution in [0.3, 0.4) is 0 Å². The number of anilines is 1. The lowest BCUT2D eigenvalue weighted by molar-refractivity contribution is 0.0977. The van der Waals surface area contributed by atoms with Gasteiger partial charge in [0.15, 0.2) is 0 Å². The number of hydrogen-bond acceptors (Lipinski definition) is 5. The van der Waals surface area contributed by atoms with Gasteiger partial charge in [-0.05, 0) is 54.6 Å². The molecule has 32 heavy (non-hydrogen) atoms. The van der Waals surface area contributed by atoms with Gasteiger partial charge >= 0.3 is 0 Å². The fourth-order valence-electron chi connectivity index (χ4n) is 3.88. The lowest BCUT2D eigenvalue weighted by atomic mass is 10.2. The van der Waals surface area contributed by atoms with E-state index in [1.54, 1.807) is 47.1 Å². The third kappa shape index (κ3) is 4.60. The summed E-state index contributed by atoms with van der Waals surface area (Å²) in [5.74, 6) is 0.442. The third-order valence-electron chi connectivity index (χ3n) is 5.68. The number of benzene rings is 1. The molecule has 3 heterocycles. The smallest absolute Gasteiger partial charge is 0.275 e. The fraction of sp³-hybridized carbons (Fsp3) is 0.348. The second-order valence-corrected chi connectivity index (χ2v) is 10.8. The Hall–Kier alpha value is -2.62. The minimum atomic E-state index is -3.62. The molecule has 170 valence electrons. The molecule has 9 heteroatoms. The average molecular weight is 474 g/mol. The van der Waals surface area contributed by atoms with Crippen LogP contribution in [0.2, 0.25) is 0 Å². The van der Waals surface area contributed by atoms with E-state index in [0.717, 1.165) is 24.1 Å². The standard InChI is InChI=1S/C23H27N3O4S2/c1-24-17-21(32(28,29)25-12-4-3-5-13-25)15-22(24)23(27)26(16-20-7-6-14-31-20)18-8-10-19(30-2)11-9-18/h6-11,14-15,17H,3-5,12-13,16H2,1-2H3. The number of methoxy groups -OCH3 is 1. The quantitative estimate of drug-likeness (QED) is 0.518. The monoisotopic (exact) mass is 473 g/mol. The Labute approximate surface area is 192 Å². The maximum atomic E-state index is 13.6. The van der Waals surface area contributed by atoms with Gasteiger partial charge in [0.25, 0.3) is 5.91 Å². The highest BCUT2D eigenvalue weighted by Gasteiger charge is 2.30. The van der Waals surface area contributed by atoms with Crippen LogP contribution in [0.1, 0.15) is 34.6 Å². The molecule has 1 aliphatic heterocycles. The summed E-state index contributed by atoms with van der Waals surface area (Å²) in [4.78, 5) is 16.5. The Balaban J connectivity index is 1.67. The van der Waals surface area contributed by atoms with E-state index in [-0.39, 0.29) is 10.8 Å². The first-order valence-corrected chi connectivity index (χ1v) is 12.9. The normalized spacial score (nSPS) is 14.9.